The van der Waals surface area contributed by atoms with Gasteiger partial charge in [-0.05, 0) is 37.0 Å². The fraction of sp³-hybridized carbons (Fsp3) is 0.533. The van der Waals surface area contributed by atoms with E-state index in [2.05, 4.69) is 4.98 Å². The van der Waals surface area contributed by atoms with E-state index >= 15 is 0 Å². The van der Waals surface area contributed by atoms with E-state index in [1.54, 1.807) is 6.07 Å². The van der Waals surface area contributed by atoms with Crippen molar-refractivity contribution >= 4 is 22.6 Å². The van der Waals surface area contributed by atoms with Gasteiger partial charge in [0.2, 0.25) is 0 Å². The highest BCUT2D eigenvalue weighted by atomic mass is 35.5. The van der Waals surface area contributed by atoms with E-state index in [-0.39, 0.29) is 5.82 Å². The minimum absolute atomic E-state index is 0.241. The predicted octanol–water partition coefficient (Wildman–Crippen LogP) is 3.38. The molecule has 0 saturated heterocycles. The molecule has 1 heterocycles. The number of hydrogen-bond acceptors (Lipinski definition) is 2. The molecule has 0 amide bonds. The molecule has 1 fully saturated rings. The quantitative estimate of drug-likeness (QED) is 0.578. The summed E-state index contributed by atoms with van der Waals surface area (Å²) in [5.41, 5.74) is 1.63. The molecule has 0 spiro atoms. The molecule has 1 aromatic carbocycles. The van der Waals surface area contributed by atoms with Gasteiger partial charge < -0.3 is 9.30 Å². The normalized spacial score (nSPS) is 15.1. The van der Waals surface area contributed by atoms with Crippen LogP contribution in [-0.4, -0.2) is 28.6 Å². The van der Waals surface area contributed by atoms with Crippen molar-refractivity contribution in [3.63, 3.8) is 0 Å². The lowest BCUT2D eigenvalue weighted by atomic mass is 10.3. The molecular weight excluding hydrogens is 279 g/mol. The maximum atomic E-state index is 13.4. The molecule has 3 rings (SSSR count). The standard InChI is InChI=1S/C15H18ClFN2O/c16-6-5-15-18-13-4-3-12(17)9-14(13)19(15)7-8-20-10-11-1-2-11/h3-4,9,11H,1-2,5-8,10H2. The summed E-state index contributed by atoms with van der Waals surface area (Å²) in [6, 6.07) is 4.68. The van der Waals surface area contributed by atoms with Crippen LogP contribution >= 0.6 is 11.6 Å². The van der Waals surface area contributed by atoms with Crippen molar-refractivity contribution in [1.82, 2.24) is 9.55 Å². The third-order valence-electron chi connectivity index (χ3n) is 3.62. The first-order valence-corrected chi connectivity index (χ1v) is 7.60. The second-order valence-corrected chi connectivity index (χ2v) is 5.65. The molecule has 20 heavy (non-hydrogen) atoms. The number of halogens is 2. The molecule has 0 N–H and O–H groups in total. The number of aryl methyl sites for hydroxylation is 1. The topological polar surface area (TPSA) is 27.1 Å². The van der Waals surface area contributed by atoms with Gasteiger partial charge in [0, 0.05) is 25.5 Å². The first-order valence-electron chi connectivity index (χ1n) is 7.06. The first kappa shape index (κ1) is 13.8. The number of ether oxygens (including phenoxy) is 1. The minimum Gasteiger partial charge on any atom is -0.379 e. The predicted molar refractivity (Wildman–Crippen MR) is 77.7 cm³/mol. The lowest BCUT2D eigenvalue weighted by molar-refractivity contribution is 0.117. The van der Waals surface area contributed by atoms with E-state index in [0.29, 0.717) is 25.5 Å². The summed E-state index contributed by atoms with van der Waals surface area (Å²) in [6.45, 7) is 2.17. The molecule has 0 unspecified atom stereocenters. The van der Waals surface area contributed by atoms with Crippen LogP contribution < -0.4 is 0 Å². The molecule has 0 atom stereocenters. The van der Waals surface area contributed by atoms with Crippen molar-refractivity contribution < 1.29 is 9.13 Å². The van der Waals surface area contributed by atoms with Gasteiger partial charge in [-0.25, -0.2) is 9.37 Å². The Morgan fingerprint density at radius 3 is 3.00 bits per heavy atom. The van der Waals surface area contributed by atoms with Crippen LogP contribution in [0.15, 0.2) is 18.2 Å². The molecule has 1 aliphatic carbocycles. The van der Waals surface area contributed by atoms with Crippen molar-refractivity contribution in [3.05, 3.63) is 29.8 Å². The average Bonchev–Trinajstić information content (AvgIpc) is 3.19. The van der Waals surface area contributed by atoms with Crippen molar-refractivity contribution in [2.45, 2.75) is 25.8 Å². The first-order chi connectivity index (χ1) is 9.78. The van der Waals surface area contributed by atoms with Gasteiger partial charge in [-0.15, -0.1) is 11.6 Å². The van der Waals surface area contributed by atoms with Crippen molar-refractivity contribution in [2.24, 2.45) is 5.92 Å². The second kappa shape index (κ2) is 6.10. The highest BCUT2D eigenvalue weighted by Gasteiger charge is 2.21. The lowest BCUT2D eigenvalue weighted by Crippen LogP contribution is -2.11. The number of rotatable bonds is 7. The van der Waals surface area contributed by atoms with Gasteiger partial charge in [-0.2, -0.15) is 0 Å². The third kappa shape index (κ3) is 3.13. The Kier molecular flexibility index (Phi) is 4.22. The van der Waals surface area contributed by atoms with E-state index in [1.807, 2.05) is 4.57 Å². The number of imidazole rings is 1. The molecule has 5 heteroatoms. The SMILES string of the molecule is Fc1ccc2nc(CCCl)n(CCOCC3CC3)c2c1. The maximum Gasteiger partial charge on any atom is 0.125 e. The Morgan fingerprint density at radius 2 is 2.25 bits per heavy atom. The van der Waals surface area contributed by atoms with Crippen LogP contribution in [0.5, 0.6) is 0 Å². The molecule has 1 aromatic heterocycles. The third-order valence-corrected chi connectivity index (χ3v) is 3.81. The zero-order valence-corrected chi connectivity index (χ0v) is 12.1. The lowest BCUT2D eigenvalue weighted by Gasteiger charge is -2.09. The smallest absolute Gasteiger partial charge is 0.125 e. The van der Waals surface area contributed by atoms with Gasteiger partial charge in [0.25, 0.3) is 0 Å². The summed E-state index contributed by atoms with van der Waals surface area (Å²) in [7, 11) is 0. The number of hydrogen-bond donors (Lipinski definition) is 0. The zero-order valence-electron chi connectivity index (χ0n) is 11.3. The Balaban J connectivity index is 1.77. The number of nitrogens with zero attached hydrogens (tertiary/aromatic N) is 2. The van der Waals surface area contributed by atoms with Crippen molar-refractivity contribution in [2.75, 3.05) is 19.1 Å². The number of alkyl halides is 1. The molecular formula is C15H18ClFN2O. The molecule has 108 valence electrons. The maximum absolute atomic E-state index is 13.4. The zero-order chi connectivity index (χ0) is 13.9. The molecule has 0 aliphatic heterocycles. The van der Waals surface area contributed by atoms with E-state index in [4.69, 9.17) is 16.3 Å². The van der Waals surface area contributed by atoms with E-state index in [0.717, 1.165) is 29.4 Å². The number of fused-ring (bicyclic) bond motifs is 1. The number of benzene rings is 1. The fourth-order valence-corrected chi connectivity index (χ4v) is 2.53. The van der Waals surface area contributed by atoms with Crippen LogP contribution in [0.1, 0.15) is 18.7 Å². The Morgan fingerprint density at radius 1 is 1.40 bits per heavy atom. The Hall–Kier alpha value is -1.13. The highest BCUT2D eigenvalue weighted by Crippen LogP contribution is 2.28. The molecule has 0 bridgehead atoms. The molecule has 0 radical (unpaired) electrons. The highest BCUT2D eigenvalue weighted by molar-refractivity contribution is 6.17. The average molecular weight is 297 g/mol. The monoisotopic (exact) mass is 296 g/mol. The van der Waals surface area contributed by atoms with Gasteiger partial charge in [0.05, 0.1) is 17.6 Å². The number of aromatic nitrogens is 2. The van der Waals surface area contributed by atoms with Crippen LogP contribution in [0.2, 0.25) is 0 Å². The molecule has 2 aromatic rings. The van der Waals surface area contributed by atoms with Crippen LogP contribution in [-0.2, 0) is 17.7 Å². The Labute approximate surface area is 122 Å². The van der Waals surface area contributed by atoms with Gasteiger partial charge in [-0.1, -0.05) is 0 Å². The molecule has 1 aliphatic rings. The van der Waals surface area contributed by atoms with Crippen molar-refractivity contribution in [1.29, 1.82) is 0 Å². The molecule has 3 nitrogen and oxygen atoms in total. The fourth-order valence-electron chi connectivity index (χ4n) is 2.36. The van der Waals surface area contributed by atoms with Gasteiger partial charge >= 0.3 is 0 Å². The van der Waals surface area contributed by atoms with E-state index < -0.39 is 0 Å². The second-order valence-electron chi connectivity index (χ2n) is 5.27. The summed E-state index contributed by atoms with van der Waals surface area (Å²) in [5, 5.41) is 0. The van der Waals surface area contributed by atoms with E-state index in [1.165, 1.54) is 25.0 Å². The van der Waals surface area contributed by atoms with Crippen LogP contribution in [0.3, 0.4) is 0 Å². The summed E-state index contributed by atoms with van der Waals surface area (Å²) < 4.78 is 21.1. The van der Waals surface area contributed by atoms with Gasteiger partial charge in [0.15, 0.2) is 0 Å². The van der Waals surface area contributed by atoms with Crippen LogP contribution in [0.25, 0.3) is 11.0 Å². The van der Waals surface area contributed by atoms with Crippen LogP contribution in [0, 0.1) is 11.7 Å². The minimum atomic E-state index is -0.241. The Bertz CT molecular complexity index is 595. The summed E-state index contributed by atoms with van der Waals surface area (Å²) in [6.07, 6.45) is 3.26. The van der Waals surface area contributed by atoms with Gasteiger partial charge in [-0.3, -0.25) is 0 Å². The largest absolute Gasteiger partial charge is 0.379 e. The van der Waals surface area contributed by atoms with Gasteiger partial charge in [0.1, 0.15) is 11.6 Å². The van der Waals surface area contributed by atoms with Crippen molar-refractivity contribution in [3.8, 4) is 0 Å². The summed E-state index contributed by atoms with van der Waals surface area (Å²) in [5.74, 6) is 1.93. The summed E-state index contributed by atoms with van der Waals surface area (Å²) >= 11 is 5.82. The molecule has 1 saturated carbocycles. The van der Waals surface area contributed by atoms with Crippen LogP contribution in [0.4, 0.5) is 4.39 Å². The summed E-state index contributed by atoms with van der Waals surface area (Å²) in [4.78, 5) is 4.53. The van der Waals surface area contributed by atoms with E-state index in [9.17, 15) is 4.39 Å².